The quantitative estimate of drug-likeness (QED) is 0.815. The molecular formula is C17H21NOS. The van der Waals surface area contributed by atoms with E-state index in [0.29, 0.717) is 6.42 Å². The van der Waals surface area contributed by atoms with Gasteiger partial charge in [0, 0.05) is 18.3 Å². The molecule has 3 heteroatoms. The number of thiophene rings is 1. The van der Waals surface area contributed by atoms with E-state index in [0.717, 1.165) is 13.0 Å². The Morgan fingerprint density at radius 1 is 1.15 bits per heavy atom. The molecule has 0 spiro atoms. The molecule has 0 unspecified atom stereocenters. The molecular weight excluding hydrogens is 266 g/mol. The van der Waals surface area contributed by atoms with Crippen molar-refractivity contribution in [2.24, 2.45) is 0 Å². The molecule has 2 aromatic rings. The molecule has 1 aromatic heterocycles. The van der Waals surface area contributed by atoms with Gasteiger partial charge in [-0.15, -0.1) is 11.3 Å². The zero-order valence-corrected chi connectivity index (χ0v) is 13.2. The number of nitrogens with zero attached hydrogens (tertiary/aromatic N) is 1. The summed E-state index contributed by atoms with van der Waals surface area (Å²) in [5.74, 6) is 0.207. The first-order valence-electron chi connectivity index (χ1n) is 6.89. The van der Waals surface area contributed by atoms with Crippen LogP contribution in [0.25, 0.3) is 0 Å². The molecule has 106 valence electrons. The number of benzene rings is 1. The Bertz CT molecular complexity index is 571. The second-order valence-electron chi connectivity index (χ2n) is 5.26. The van der Waals surface area contributed by atoms with Crippen LogP contribution in [0, 0.1) is 13.8 Å². The number of carbonyl (C=O) groups excluding carboxylic acids is 1. The monoisotopic (exact) mass is 287 g/mol. The average Bonchev–Trinajstić information content (AvgIpc) is 2.83. The maximum Gasteiger partial charge on any atom is 0.222 e. The number of carbonyl (C=O) groups is 1. The molecule has 1 amide bonds. The second-order valence-corrected chi connectivity index (χ2v) is 6.26. The second kappa shape index (κ2) is 6.71. The zero-order valence-electron chi connectivity index (χ0n) is 12.3. The van der Waals surface area contributed by atoms with Crippen LogP contribution in [0.2, 0.25) is 0 Å². The van der Waals surface area contributed by atoms with Crippen molar-refractivity contribution in [3.63, 3.8) is 0 Å². The standard InChI is InChI=1S/C17H21NOS/c1-13-4-6-15(7-5-13)8-9-17(19)18(3)12-16-14(2)10-11-20-16/h4-7,10-11H,8-9,12H2,1-3H3. The van der Waals surface area contributed by atoms with Gasteiger partial charge in [-0.1, -0.05) is 29.8 Å². The molecule has 0 saturated heterocycles. The Balaban J connectivity index is 1.85. The first kappa shape index (κ1) is 14.8. The van der Waals surface area contributed by atoms with Crippen molar-refractivity contribution in [3.05, 3.63) is 57.3 Å². The van der Waals surface area contributed by atoms with Crippen molar-refractivity contribution in [2.45, 2.75) is 33.2 Å². The molecule has 20 heavy (non-hydrogen) atoms. The predicted octanol–water partition coefficient (Wildman–Crippen LogP) is 3.96. The van der Waals surface area contributed by atoms with E-state index in [1.165, 1.54) is 21.6 Å². The fraction of sp³-hybridized carbons (Fsp3) is 0.353. The molecule has 0 aliphatic heterocycles. The van der Waals surface area contributed by atoms with Gasteiger partial charge in [0.15, 0.2) is 0 Å². The van der Waals surface area contributed by atoms with Crippen LogP contribution in [0.4, 0.5) is 0 Å². The lowest BCUT2D eigenvalue weighted by atomic mass is 10.1. The molecule has 0 radical (unpaired) electrons. The van der Waals surface area contributed by atoms with Gasteiger partial charge in [0.1, 0.15) is 0 Å². The molecule has 0 N–H and O–H groups in total. The minimum atomic E-state index is 0.207. The van der Waals surface area contributed by atoms with E-state index in [1.54, 1.807) is 11.3 Å². The van der Waals surface area contributed by atoms with Gasteiger partial charge in [-0.3, -0.25) is 4.79 Å². The fourth-order valence-corrected chi connectivity index (χ4v) is 3.03. The molecule has 0 aliphatic carbocycles. The van der Waals surface area contributed by atoms with Crippen LogP contribution in [0.15, 0.2) is 35.7 Å². The van der Waals surface area contributed by atoms with E-state index < -0.39 is 0 Å². The summed E-state index contributed by atoms with van der Waals surface area (Å²) >= 11 is 1.72. The summed E-state index contributed by atoms with van der Waals surface area (Å²) in [5.41, 5.74) is 3.75. The van der Waals surface area contributed by atoms with Gasteiger partial charge in [0.05, 0.1) is 6.54 Å². The summed E-state index contributed by atoms with van der Waals surface area (Å²) in [6, 6.07) is 10.5. The highest BCUT2D eigenvalue weighted by Gasteiger charge is 2.11. The summed E-state index contributed by atoms with van der Waals surface area (Å²) in [5, 5.41) is 2.08. The van der Waals surface area contributed by atoms with E-state index in [4.69, 9.17) is 0 Å². The molecule has 1 heterocycles. The minimum absolute atomic E-state index is 0.207. The zero-order chi connectivity index (χ0) is 14.5. The first-order valence-corrected chi connectivity index (χ1v) is 7.76. The first-order chi connectivity index (χ1) is 9.56. The molecule has 0 bridgehead atoms. The summed E-state index contributed by atoms with van der Waals surface area (Å²) in [6.45, 7) is 4.89. The van der Waals surface area contributed by atoms with E-state index >= 15 is 0 Å². The number of amides is 1. The van der Waals surface area contributed by atoms with Crippen molar-refractivity contribution in [3.8, 4) is 0 Å². The van der Waals surface area contributed by atoms with Crippen LogP contribution in [0.1, 0.15) is 28.0 Å². The van der Waals surface area contributed by atoms with E-state index in [2.05, 4.69) is 49.6 Å². The predicted molar refractivity (Wildman–Crippen MR) is 85.0 cm³/mol. The Morgan fingerprint density at radius 2 is 1.85 bits per heavy atom. The van der Waals surface area contributed by atoms with Gasteiger partial charge in [-0.2, -0.15) is 0 Å². The summed E-state index contributed by atoms with van der Waals surface area (Å²) in [7, 11) is 1.89. The molecule has 0 fully saturated rings. The van der Waals surface area contributed by atoms with E-state index in [-0.39, 0.29) is 5.91 Å². The summed E-state index contributed by atoms with van der Waals surface area (Å²) in [6.07, 6.45) is 1.39. The van der Waals surface area contributed by atoms with Crippen LogP contribution >= 0.6 is 11.3 Å². The molecule has 1 aromatic carbocycles. The largest absolute Gasteiger partial charge is 0.341 e. The molecule has 0 atom stereocenters. The van der Waals surface area contributed by atoms with Crippen LogP contribution in [0.5, 0.6) is 0 Å². The maximum absolute atomic E-state index is 12.2. The highest BCUT2D eigenvalue weighted by molar-refractivity contribution is 7.10. The van der Waals surface area contributed by atoms with Gasteiger partial charge in [-0.25, -0.2) is 0 Å². The van der Waals surface area contributed by atoms with Crippen molar-refractivity contribution in [1.29, 1.82) is 0 Å². The lowest BCUT2D eigenvalue weighted by Gasteiger charge is -2.17. The summed E-state index contributed by atoms with van der Waals surface area (Å²) < 4.78 is 0. The van der Waals surface area contributed by atoms with Gasteiger partial charge in [0.2, 0.25) is 5.91 Å². The lowest BCUT2D eigenvalue weighted by molar-refractivity contribution is -0.130. The lowest BCUT2D eigenvalue weighted by Crippen LogP contribution is -2.26. The van der Waals surface area contributed by atoms with Crippen molar-refractivity contribution in [2.75, 3.05) is 7.05 Å². The number of hydrogen-bond acceptors (Lipinski definition) is 2. The number of hydrogen-bond donors (Lipinski definition) is 0. The van der Waals surface area contributed by atoms with Crippen LogP contribution in [-0.4, -0.2) is 17.9 Å². The van der Waals surface area contributed by atoms with Gasteiger partial charge >= 0.3 is 0 Å². The fourth-order valence-electron chi connectivity index (χ4n) is 2.07. The Labute approximate surface area is 125 Å². The maximum atomic E-state index is 12.2. The van der Waals surface area contributed by atoms with Gasteiger partial charge in [0.25, 0.3) is 0 Å². The van der Waals surface area contributed by atoms with E-state index in [9.17, 15) is 4.79 Å². The third-order valence-electron chi connectivity index (χ3n) is 3.52. The number of aryl methyl sites for hydroxylation is 3. The minimum Gasteiger partial charge on any atom is -0.341 e. The Kier molecular flexibility index (Phi) is 4.96. The van der Waals surface area contributed by atoms with Crippen LogP contribution in [-0.2, 0) is 17.8 Å². The highest BCUT2D eigenvalue weighted by Crippen LogP contribution is 2.17. The topological polar surface area (TPSA) is 20.3 Å². The third-order valence-corrected chi connectivity index (χ3v) is 4.53. The van der Waals surface area contributed by atoms with E-state index in [1.807, 2.05) is 11.9 Å². The average molecular weight is 287 g/mol. The number of rotatable bonds is 5. The van der Waals surface area contributed by atoms with Gasteiger partial charge in [-0.05, 0) is 42.8 Å². The SMILES string of the molecule is Cc1ccc(CCC(=O)N(C)Cc2sccc2C)cc1. The smallest absolute Gasteiger partial charge is 0.222 e. The Hall–Kier alpha value is -1.61. The molecule has 2 nitrogen and oxygen atoms in total. The van der Waals surface area contributed by atoms with Crippen LogP contribution in [0.3, 0.4) is 0 Å². The van der Waals surface area contributed by atoms with Gasteiger partial charge < -0.3 is 4.90 Å². The summed E-state index contributed by atoms with van der Waals surface area (Å²) in [4.78, 5) is 15.3. The van der Waals surface area contributed by atoms with Crippen molar-refractivity contribution in [1.82, 2.24) is 4.90 Å². The molecule has 2 rings (SSSR count). The molecule has 0 aliphatic rings. The normalized spacial score (nSPS) is 10.6. The highest BCUT2D eigenvalue weighted by atomic mass is 32.1. The molecule has 0 saturated carbocycles. The van der Waals surface area contributed by atoms with Crippen LogP contribution < -0.4 is 0 Å². The Morgan fingerprint density at radius 3 is 2.45 bits per heavy atom. The van der Waals surface area contributed by atoms with Crippen molar-refractivity contribution < 1.29 is 4.79 Å². The third kappa shape index (κ3) is 3.94. The van der Waals surface area contributed by atoms with Crippen molar-refractivity contribution >= 4 is 17.2 Å².